The Kier molecular flexibility index (Phi) is 10.1. The maximum atomic E-state index is 13.6. The van der Waals surface area contributed by atoms with Gasteiger partial charge in [0.1, 0.15) is 30.8 Å². The Morgan fingerprint density at radius 2 is 1.76 bits per heavy atom. The van der Waals surface area contributed by atoms with E-state index in [2.05, 4.69) is 23.4 Å². The monoisotopic (exact) mass is 663 g/mol. The first-order valence-electron chi connectivity index (χ1n) is 16.5. The lowest BCUT2D eigenvalue weighted by Gasteiger charge is -2.29. The lowest BCUT2D eigenvalue weighted by molar-refractivity contribution is -0.129. The van der Waals surface area contributed by atoms with Crippen LogP contribution in [0.3, 0.4) is 0 Å². The highest BCUT2D eigenvalue weighted by atomic mass is 16.6. The Morgan fingerprint density at radius 3 is 2.45 bits per heavy atom. The minimum absolute atomic E-state index is 0.0192. The standard InChI is InChI=1S/C39H41N3O7/c1-39(2,3)49-37(44)41-19-16-29(17-20-41)31-11-7-10-28(22-31)25-46-33-14-12-30(13-15-33)34(35-18-21-48-40-35)24-36(43)42-32(26-47-38(42)45)23-27-8-5-4-6-9-27/h4-16,18,21-22,32,34H,17,19-20,23-26H2,1-3H3/t32-,34-/m0/s1. The minimum atomic E-state index is -0.625. The van der Waals surface area contributed by atoms with E-state index in [1.165, 1.54) is 16.7 Å². The molecule has 0 radical (unpaired) electrons. The smallest absolute Gasteiger partial charge is 0.416 e. The number of benzene rings is 3. The Balaban J connectivity index is 1.08. The molecule has 0 bridgehead atoms. The summed E-state index contributed by atoms with van der Waals surface area (Å²) in [5, 5.41) is 4.13. The van der Waals surface area contributed by atoms with E-state index in [1.54, 1.807) is 11.0 Å². The van der Waals surface area contributed by atoms with Crippen molar-refractivity contribution < 1.29 is 33.1 Å². The number of aromatic nitrogens is 1. The Labute approximate surface area is 286 Å². The van der Waals surface area contributed by atoms with E-state index in [9.17, 15) is 14.4 Å². The molecule has 4 aromatic rings. The second-order valence-electron chi connectivity index (χ2n) is 13.3. The highest BCUT2D eigenvalue weighted by Crippen LogP contribution is 2.31. The SMILES string of the molecule is CC(C)(C)OC(=O)N1CC=C(c2cccc(COc3ccc([C@H](CC(=O)N4C(=O)OC[C@@H]4Cc4ccccc4)c4ccon4)cc3)c2)CC1. The van der Waals surface area contributed by atoms with Crippen molar-refractivity contribution in [3.63, 3.8) is 0 Å². The van der Waals surface area contributed by atoms with Gasteiger partial charge in [0.2, 0.25) is 5.91 Å². The van der Waals surface area contributed by atoms with Crippen molar-refractivity contribution in [2.45, 2.75) is 64.2 Å². The van der Waals surface area contributed by atoms with Crippen LogP contribution in [-0.2, 0) is 27.3 Å². The van der Waals surface area contributed by atoms with Crippen LogP contribution in [-0.4, -0.2) is 64.4 Å². The summed E-state index contributed by atoms with van der Waals surface area (Å²) in [5.74, 6) is -0.0876. The van der Waals surface area contributed by atoms with E-state index in [4.69, 9.17) is 18.7 Å². The maximum Gasteiger partial charge on any atom is 0.416 e. The van der Waals surface area contributed by atoms with E-state index in [0.29, 0.717) is 37.6 Å². The van der Waals surface area contributed by atoms with Crippen LogP contribution in [0.1, 0.15) is 67.5 Å². The number of ether oxygens (including phenoxy) is 3. The second kappa shape index (κ2) is 14.8. The predicted molar refractivity (Wildman–Crippen MR) is 183 cm³/mol. The molecule has 0 spiro atoms. The van der Waals surface area contributed by atoms with Gasteiger partial charge in [0.05, 0.1) is 11.7 Å². The summed E-state index contributed by atoms with van der Waals surface area (Å²) in [6.45, 7) is 7.25. The van der Waals surface area contributed by atoms with Crippen LogP contribution in [0, 0.1) is 0 Å². The molecule has 0 aliphatic carbocycles. The molecule has 49 heavy (non-hydrogen) atoms. The van der Waals surface area contributed by atoms with Crippen LogP contribution in [0.2, 0.25) is 0 Å². The van der Waals surface area contributed by atoms with E-state index >= 15 is 0 Å². The van der Waals surface area contributed by atoms with E-state index < -0.39 is 17.6 Å². The van der Waals surface area contributed by atoms with Crippen LogP contribution in [0.15, 0.2) is 102 Å². The molecule has 1 saturated heterocycles. The highest BCUT2D eigenvalue weighted by molar-refractivity contribution is 5.94. The molecule has 254 valence electrons. The van der Waals surface area contributed by atoms with Crippen LogP contribution in [0.5, 0.6) is 5.75 Å². The third kappa shape index (κ3) is 8.56. The second-order valence-corrected chi connectivity index (χ2v) is 13.3. The van der Waals surface area contributed by atoms with Gasteiger partial charge in [-0.05, 0) is 79.6 Å². The molecule has 2 aliphatic rings. The highest BCUT2D eigenvalue weighted by Gasteiger charge is 2.39. The van der Waals surface area contributed by atoms with Gasteiger partial charge < -0.3 is 23.6 Å². The molecule has 2 aliphatic heterocycles. The number of carbonyl (C=O) groups is 3. The van der Waals surface area contributed by atoms with Crippen molar-refractivity contribution in [1.82, 2.24) is 15.0 Å². The fourth-order valence-electron chi connectivity index (χ4n) is 6.12. The lowest BCUT2D eigenvalue weighted by atomic mass is 9.91. The third-order valence-electron chi connectivity index (χ3n) is 8.58. The van der Waals surface area contributed by atoms with E-state index in [1.807, 2.05) is 87.5 Å². The fraction of sp³-hybridized carbons (Fsp3) is 0.333. The molecule has 3 amide bonds. The number of nitrogens with zero attached hydrogens (tertiary/aromatic N) is 3. The van der Waals surface area contributed by atoms with Gasteiger partial charge in [-0.3, -0.25) is 4.79 Å². The van der Waals surface area contributed by atoms with Gasteiger partial charge in [-0.1, -0.05) is 71.9 Å². The van der Waals surface area contributed by atoms with Crippen molar-refractivity contribution in [1.29, 1.82) is 0 Å². The molecule has 0 N–H and O–H groups in total. The number of cyclic esters (lactones) is 1. The summed E-state index contributed by atoms with van der Waals surface area (Å²) in [7, 11) is 0. The molecule has 0 saturated carbocycles. The first kappa shape index (κ1) is 33.5. The topological polar surface area (TPSA) is 111 Å². The lowest BCUT2D eigenvalue weighted by Crippen LogP contribution is -2.40. The zero-order valence-electron chi connectivity index (χ0n) is 28.0. The van der Waals surface area contributed by atoms with Crippen molar-refractivity contribution in [3.05, 3.63) is 125 Å². The van der Waals surface area contributed by atoms with Crippen molar-refractivity contribution in [3.8, 4) is 5.75 Å². The molecule has 3 heterocycles. The average Bonchev–Trinajstić information content (AvgIpc) is 3.76. The molecule has 2 atom stereocenters. The number of amides is 3. The van der Waals surface area contributed by atoms with E-state index in [0.717, 1.165) is 28.7 Å². The number of imide groups is 1. The third-order valence-corrected chi connectivity index (χ3v) is 8.58. The number of hydrogen-bond donors (Lipinski definition) is 0. The number of carbonyl (C=O) groups excluding carboxylic acids is 3. The molecule has 1 aromatic heterocycles. The van der Waals surface area contributed by atoms with Crippen molar-refractivity contribution in [2.75, 3.05) is 19.7 Å². The Bertz CT molecular complexity index is 1780. The number of hydrogen-bond acceptors (Lipinski definition) is 8. The maximum absolute atomic E-state index is 13.6. The van der Waals surface area contributed by atoms with Gasteiger partial charge in [0, 0.05) is 31.5 Å². The van der Waals surface area contributed by atoms with Crippen molar-refractivity contribution in [2.24, 2.45) is 0 Å². The predicted octanol–water partition coefficient (Wildman–Crippen LogP) is 7.39. The summed E-state index contributed by atoms with van der Waals surface area (Å²) >= 11 is 0. The first-order chi connectivity index (χ1) is 23.6. The average molecular weight is 664 g/mol. The molecule has 0 unspecified atom stereocenters. The molecule has 10 heteroatoms. The van der Waals surface area contributed by atoms with Gasteiger partial charge in [0.25, 0.3) is 0 Å². The normalized spacial score (nSPS) is 16.9. The van der Waals surface area contributed by atoms with Gasteiger partial charge in [0.15, 0.2) is 0 Å². The minimum Gasteiger partial charge on any atom is -0.489 e. The Hall–Kier alpha value is -5.38. The summed E-state index contributed by atoms with van der Waals surface area (Å²) in [6, 6.07) is 26.9. The molecular weight excluding hydrogens is 622 g/mol. The zero-order valence-corrected chi connectivity index (χ0v) is 28.0. The van der Waals surface area contributed by atoms with Gasteiger partial charge in [-0.2, -0.15) is 0 Å². The summed E-state index contributed by atoms with van der Waals surface area (Å²) in [5.41, 5.74) is 5.25. The molecule has 1 fully saturated rings. The van der Waals surface area contributed by atoms with Crippen molar-refractivity contribution >= 4 is 23.7 Å². The molecular formula is C39H41N3O7. The summed E-state index contributed by atoms with van der Waals surface area (Å²) in [4.78, 5) is 41.7. The van der Waals surface area contributed by atoms with Crippen LogP contribution >= 0.6 is 0 Å². The largest absolute Gasteiger partial charge is 0.489 e. The number of rotatable bonds is 10. The van der Waals surface area contributed by atoms with Crippen LogP contribution < -0.4 is 4.74 Å². The molecule has 10 nitrogen and oxygen atoms in total. The fourth-order valence-corrected chi connectivity index (χ4v) is 6.12. The van der Waals surface area contributed by atoms with E-state index in [-0.39, 0.29) is 31.1 Å². The van der Waals surface area contributed by atoms with Crippen LogP contribution in [0.4, 0.5) is 9.59 Å². The van der Waals surface area contributed by atoms with Gasteiger partial charge in [-0.15, -0.1) is 0 Å². The summed E-state index contributed by atoms with van der Waals surface area (Å²) in [6.07, 6.45) is 3.92. The Morgan fingerprint density at radius 1 is 0.980 bits per heavy atom. The quantitative estimate of drug-likeness (QED) is 0.173. The van der Waals surface area contributed by atoms with Crippen LogP contribution in [0.25, 0.3) is 5.57 Å². The van der Waals surface area contributed by atoms with Gasteiger partial charge >= 0.3 is 12.2 Å². The molecule has 3 aromatic carbocycles. The molecule has 6 rings (SSSR count). The summed E-state index contributed by atoms with van der Waals surface area (Å²) < 4.78 is 22.1. The first-order valence-corrected chi connectivity index (χ1v) is 16.5. The zero-order chi connectivity index (χ0) is 34.4. The van der Waals surface area contributed by atoms with Gasteiger partial charge in [-0.25, -0.2) is 14.5 Å².